The third kappa shape index (κ3) is 4.85. The first-order valence-electron chi connectivity index (χ1n) is 11.7. The summed E-state index contributed by atoms with van der Waals surface area (Å²) in [5.74, 6) is 0.293. The van der Waals surface area contributed by atoms with E-state index in [-0.39, 0.29) is 11.7 Å². The van der Waals surface area contributed by atoms with Gasteiger partial charge in [-0.3, -0.25) is 4.79 Å². The Morgan fingerprint density at radius 2 is 1.94 bits per heavy atom. The molecule has 3 aromatic rings. The summed E-state index contributed by atoms with van der Waals surface area (Å²) in [7, 11) is 1.63. The van der Waals surface area contributed by atoms with Crippen LogP contribution in [0.25, 0.3) is 11.8 Å². The summed E-state index contributed by atoms with van der Waals surface area (Å²) in [6, 6.07) is 11.6. The number of methoxy groups -OCH3 is 1. The first-order valence-corrected chi connectivity index (χ1v) is 11.7. The fourth-order valence-corrected chi connectivity index (χ4v) is 4.69. The molecule has 0 N–H and O–H groups in total. The number of imidazole rings is 1. The second-order valence-electron chi connectivity index (χ2n) is 8.73. The van der Waals surface area contributed by atoms with Gasteiger partial charge in [0.25, 0.3) is 0 Å². The van der Waals surface area contributed by atoms with Crippen LogP contribution >= 0.6 is 0 Å². The van der Waals surface area contributed by atoms with E-state index in [0.29, 0.717) is 37.5 Å². The molecule has 7 nitrogen and oxygen atoms in total. The lowest BCUT2D eigenvalue weighted by atomic mass is 9.96. The lowest BCUT2D eigenvalue weighted by molar-refractivity contribution is -0.145. The molecule has 1 amide bonds. The Hall–Kier alpha value is -3.49. The van der Waals surface area contributed by atoms with Gasteiger partial charge in [-0.05, 0) is 61.2 Å². The van der Waals surface area contributed by atoms with Crippen molar-refractivity contribution in [3.63, 3.8) is 0 Å². The van der Waals surface area contributed by atoms with Crippen molar-refractivity contribution in [2.24, 2.45) is 0 Å². The van der Waals surface area contributed by atoms with Gasteiger partial charge in [0.2, 0.25) is 5.91 Å². The molecule has 2 aromatic carbocycles. The summed E-state index contributed by atoms with van der Waals surface area (Å²) in [6.45, 7) is 3.44. The molecule has 0 radical (unpaired) electrons. The van der Waals surface area contributed by atoms with Gasteiger partial charge in [0.15, 0.2) is 6.29 Å². The quantitative estimate of drug-likeness (QED) is 0.491. The van der Waals surface area contributed by atoms with Crippen LogP contribution in [0, 0.1) is 12.7 Å². The Kier molecular flexibility index (Phi) is 6.66. The Labute approximate surface area is 203 Å². The molecular weight excluding hydrogens is 449 g/mol. The summed E-state index contributed by atoms with van der Waals surface area (Å²) < 4.78 is 32.7. The van der Waals surface area contributed by atoms with E-state index >= 15 is 0 Å². The second-order valence-corrected chi connectivity index (χ2v) is 8.73. The minimum Gasteiger partial charge on any atom is -0.495 e. The molecular formula is C27H28FN3O4. The number of aryl methyl sites for hydroxylation is 1. The van der Waals surface area contributed by atoms with Crippen LogP contribution in [-0.2, 0) is 14.3 Å². The number of halogens is 1. The Bertz CT molecular complexity index is 1230. The van der Waals surface area contributed by atoms with Crippen molar-refractivity contribution in [3.8, 4) is 11.4 Å². The van der Waals surface area contributed by atoms with Gasteiger partial charge >= 0.3 is 0 Å². The predicted molar refractivity (Wildman–Crippen MR) is 129 cm³/mol. The van der Waals surface area contributed by atoms with E-state index in [1.165, 1.54) is 12.1 Å². The van der Waals surface area contributed by atoms with Crippen LogP contribution < -0.4 is 4.74 Å². The van der Waals surface area contributed by atoms with Crippen LogP contribution in [0.4, 0.5) is 4.39 Å². The molecule has 2 aliphatic rings. The molecule has 8 heteroatoms. The second kappa shape index (κ2) is 10.0. The van der Waals surface area contributed by atoms with Crippen LogP contribution in [0.3, 0.4) is 0 Å². The predicted octanol–water partition coefficient (Wildman–Crippen LogP) is 4.45. The van der Waals surface area contributed by atoms with E-state index in [2.05, 4.69) is 4.98 Å². The highest BCUT2D eigenvalue weighted by molar-refractivity contribution is 5.99. The average Bonchev–Trinajstić information content (AvgIpc) is 3.55. The standard InChI is InChI=1S/C27H28FN3O4/c1-18-16-30(17-29-18)23-10-5-19(15-24(23)33-2)14-21-4-3-11-31(26(21)32)25(27-34-12-13-35-27)20-6-8-22(28)9-7-20/h5-10,14-17,25,27H,3-4,11-13H2,1-2H3/b21-14+. The fraction of sp³-hybridized carbons (Fsp3) is 0.333. The summed E-state index contributed by atoms with van der Waals surface area (Å²) in [4.78, 5) is 19.7. The minimum absolute atomic E-state index is 0.0713. The number of rotatable bonds is 6. The molecule has 2 saturated heterocycles. The van der Waals surface area contributed by atoms with Crippen LogP contribution in [0.5, 0.6) is 5.75 Å². The number of ether oxygens (including phenoxy) is 3. The molecule has 1 atom stereocenters. The number of aromatic nitrogens is 2. The third-order valence-electron chi connectivity index (χ3n) is 6.37. The highest BCUT2D eigenvalue weighted by Crippen LogP contribution is 2.35. The van der Waals surface area contributed by atoms with Crippen molar-refractivity contribution in [1.29, 1.82) is 0 Å². The van der Waals surface area contributed by atoms with Crippen LogP contribution in [-0.4, -0.2) is 53.5 Å². The van der Waals surface area contributed by atoms with Gasteiger partial charge in [-0.25, -0.2) is 9.37 Å². The Morgan fingerprint density at radius 3 is 2.63 bits per heavy atom. The third-order valence-corrected chi connectivity index (χ3v) is 6.37. The van der Waals surface area contributed by atoms with Crippen molar-refractivity contribution in [1.82, 2.24) is 14.5 Å². The van der Waals surface area contributed by atoms with E-state index < -0.39 is 12.3 Å². The first kappa shape index (κ1) is 23.3. The average molecular weight is 478 g/mol. The summed E-state index contributed by atoms with van der Waals surface area (Å²) >= 11 is 0. The summed E-state index contributed by atoms with van der Waals surface area (Å²) in [5, 5.41) is 0. The topological polar surface area (TPSA) is 65.8 Å². The monoisotopic (exact) mass is 477 g/mol. The van der Waals surface area contributed by atoms with E-state index in [1.54, 1.807) is 30.5 Å². The number of amides is 1. The van der Waals surface area contributed by atoms with E-state index in [1.807, 2.05) is 42.0 Å². The van der Waals surface area contributed by atoms with Crippen molar-refractivity contribution in [2.75, 3.05) is 26.9 Å². The van der Waals surface area contributed by atoms with Gasteiger partial charge in [0.1, 0.15) is 17.6 Å². The number of hydrogen-bond acceptors (Lipinski definition) is 5. The molecule has 2 fully saturated rings. The van der Waals surface area contributed by atoms with Gasteiger partial charge in [0.05, 0.1) is 38.0 Å². The number of benzene rings is 2. The van der Waals surface area contributed by atoms with E-state index in [0.717, 1.165) is 28.9 Å². The molecule has 0 saturated carbocycles. The number of carbonyl (C=O) groups excluding carboxylic acids is 1. The lowest BCUT2D eigenvalue weighted by Gasteiger charge is -2.38. The molecule has 5 rings (SSSR count). The summed E-state index contributed by atoms with van der Waals surface area (Å²) in [6.07, 6.45) is 6.49. The normalized spacial score (nSPS) is 18.9. The van der Waals surface area contributed by atoms with Gasteiger partial charge < -0.3 is 23.7 Å². The number of carbonyl (C=O) groups is 1. The van der Waals surface area contributed by atoms with Crippen LogP contribution in [0.2, 0.25) is 0 Å². The molecule has 182 valence electrons. The van der Waals surface area contributed by atoms with E-state index in [9.17, 15) is 9.18 Å². The van der Waals surface area contributed by atoms with Crippen molar-refractivity contribution in [2.45, 2.75) is 32.1 Å². The SMILES string of the molecule is COc1cc(/C=C2\CCCN(C(c3ccc(F)cc3)C3OCCO3)C2=O)ccc1-n1cnc(C)c1. The largest absolute Gasteiger partial charge is 0.495 e. The maximum Gasteiger partial charge on any atom is 0.250 e. The number of nitrogens with zero attached hydrogens (tertiary/aromatic N) is 3. The van der Waals surface area contributed by atoms with Gasteiger partial charge in [-0.1, -0.05) is 18.2 Å². The Morgan fingerprint density at radius 1 is 1.17 bits per heavy atom. The minimum atomic E-state index is -0.582. The molecule has 0 bridgehead atoms. The van der Waals surface area contributed by atoms with Gasteiger partial charge in [0, 0.05) is 18.3 Å². The zero-order valence-corrected chi connectivity index (χ0v) is 19.8. The maximum absolute atomic E-state index is 13.6. The lowest BCUT2D eigenvalue weighted by Crippen LogP contribution is -2.44. The molecule has 0 spiro atoms. The maximum atomic E-state index is 13.6. The molecule has 1 aromatic heterocycles. The molecule has 35 heavy (non-hydrogen) atoms. The number of likely N-dealkylation sites (tertiary alicyclic amines) is 1. The highest BCUT2D eigenvalue weighted by Gasteiger charge is 2.38. The molecule has 0 aliphatic carbocycles. The Balaban J connectivity index is 1.44. The number of hydrogen-bond donors (Lipinski definition) is 0. The number of piperidine rings is 1. The van der Waals surface area contributed by atoms with Crippen LogP contribution in [0.1, 0.15) is 35.7 Å². The zero-order chi connectivity index (χ0) is 24.4. The van der Waals surface area contributed by atoms with Crippen LogP contribution in [0.15, 0.2) is 60.6 Å². The summed E-state index contributed by atoms with van der Waals surface area (Å²) in [5.41, 5.74) is 4.15. The van der Waals surface area contributed by atoms with Crippen molar-refractivity contribution >= 4 is 12.0 Å². The smallest absolute Gasteiger partial charge is 0.250 e. The fourth-order valence-electron chi connectivity index (χ4n) is 4.69. The molecule has 3 heterocycles. The van der Waals surface area contributed by atoms with Crippen molar-refractivity contribution < 1.29 is 23.4 Å². The van der Waals surface area contributed by atoms with Gasteiger partial charge in [-0.2, -0.15) is 0 Å². The first-order chi connectivity index (χ1) is 17.0. The highest BCUT2D eigenvalue weighted by atomic mass is 19.1. The van der Waals surface area contributed by atoms with Gasteiger partial charge in [-0.15, -0.1) is 0 Å². The molecule has 2 aliphatic heterocycles. The zero-order valence-electron chi connectivity index (χ0n) is 19.8. The van der Waals surface area contributed by atoms with Crippen molar-refractivity contribution in [3.05, 3.63) is 83.2 Å². The van der Waals surface area contributed by atoms with E-state index in [4.69, 9.17) is 14.2 Å². The molecule has 1 unspecified atom stereocenters.